The summed E-state index contributed by atoms with van der Waals surface area (Å²) in [6, 6.07) is 4.41. The third-order valence-corrected chi connectivity index (χ3v) is 6.44. The Morgan fingerprint density at radius 2 is 2.28 bits per heavy atom. The highest BCUT2D eigenvalue weighted by Gasteiger charge is 2.67. The second-order valence-corrected chi connectivity index (χ2v) is 8.81. The molecular weight excluding hydrogens is 412 g/mol. The van der Waals surface area contributed by atoms with Crippen LogP contribution >= 0.6 is 27.7 Å². The minimum Gasteiger partial charge on any atom is -0.378 e. The summed E-state index contributed by atoms with van der Waals surface area (Å²) in [7, 11) is 3.31. The summed E-state index contributed by atoms with van der Waals surface area (Å²) in [4.78, 5) is 17.6. The van der Waals surface area contributed by atoms with Crippen molar-refractivity contribution >= 4 is 38.8 Å². The third-order valence-electron chi connectivity index (χ3n) is 4.68. The largest absolute Gasteiger partial charge is 0.378 e. The van der Waals surface area contributed by atoms with Crippen molar-refractivity contribution in [3.8, 4) is 0 Å². The number of carbonyl (C=O) groups excluding carboxylic acids is 1. The lowest BCUT2D eigenvalue weighted by Gasteiger charge is -2.34. The van der Waals surface area contributed by atoms with Gasteiger partial charge in [0.15, 0.2) is 5.17 Å². The molecule has 1 heterocycles. The van der Waals surface area contributed by atoms with E-state index in [9.17, 15) is 13.6 Å². The Hall–Kier alpha value is -1.41. The first-order valence-corrected chi connectivity index (χ1v) is 9.31. The fourth-order valence-electron chi connectivity index (χ4n) is 3.29. The zero-order valence-electron chi connectivity index (χ0n) is 13.8. The Balaban J connectivity index is 2.03. The molecule has 0 bridgehead atoms. The Morgan fingerprint density at radius 1 is 1.56 bits per heavy atom. The van der Waals surface area contributed by atoms with Crippen LogP contribution in [0.4, 0.5) is 8.78 Å². The average Bonchev–Trinajstić information content (AvgIpc) is 3.29. The first-order valence-electron chi connectivity index (χ1n) is 7.70. The van der Waals surface area contributed by atoms with Crippen molar-refractivity contribution in [2.45, 2.75) is 16.7 Å². The van der Waals surface area contributed by atoms with Crippen LogP contribution in [0.15, 0.2) is 39.8 Å². The normalized spacial score (nSPS) is 30.8. The predicted octanol–water partition coefficient (Wildman–Crippen LogP) is 3.22. The monoisotopic (exact) mass is 429 g/mol. The number of rotatable bonds is 4. The number of nitrogens with two attached hydrogens (primary N) is 1. The van der Waals surface area contributed by atoms with Gasteiger partial charge in [-0.05, 0) is 24.6 Å². The first kappa shape index (κ1) is 18.4. The molecule has 1 aromatic carbocycles. The number of amidine groups is 1. The molecule has 1 amide bonds. The van der Waals surface area contributed by atoms with Gasteiger partial charge < -0.3 is 10.6 Å². The van der Waals surface area contributed by atoms with Crippen LogP contribution in [0.1, 0.15) is 12.0 Å². The zero-order valence-corrected chi connectivity index (χ0v) is 16.2. The summed E-state index contributed by atoms with van der Waals surface area (Å²) < 4.78 is 28.8. The van der Waals surface area contributed by atoms with Crippen LogP contribution in [-0.4, -0.2) is 41.5 Å². The van der Waals surface area contributed by atoms with Crippen LogP contribution in [0.3, 0.4) is 0 Å². The molecule has 1 saturated carbocycles. The molecule has 2 aliphatic rings. The molecule has 4 nitrogen and oxygen atoms in total. The fourth-order valence-corrected chi connectivity index (χ4v) is 4.97. The number of halogens is 3. The maximum Gasteiger partial charge on any atom is 0.245 e. The molecule has 2 N–H and O–H groups in total. The third kappa shape index (κ3) is 3.10. The van der Waals surface area contributed by atoms with Gasteiger partial charge in [0.05, 0.1) is 0 Å². The molecule has 0 radical (unpaired) electrons. The molecule has 0 saturated heterocycles. The predicted molar refractivity (Wildman–Crippen MR) is 99.6 cm³/mol. The quantitative estimate of drug-likeness (QED) is 0.747. The van der Waals surface area contributed by atoms with E-state index in [4.69, 9.17) is 5.73 Å². The van der Waals surface area contributed by atoms with Gasteiger partial charge >= 0.3 is 0 Å². The fraction of sp³-hybridized carbons (Fsp3) is 0.412. The van der Waals surface area contributed by atoms with Crippen LogP contribution in [0.5, 0.6) is 0 Å². The number of benzene rings is 1. The number of fused-ring (bicyclic) bond motifs is 1. The second-order valence-electron chi connectivity index (χ2n) is 6.51. The molecule has 0 unspecified atom stereocenters. The zero-order chi connectivity index (χ0) is 18.4. The molecule has 1 aliphatic heterocycles. The minimum absolute atomic E-state index is 0.166. The summed E-state index contributed by atoms with van der Waals surface area (Å²) in [5, 5.41) is 0.202. The number of aliphatic imine (C=N–C) groups is 1. The van der Waals surface area contributed by atoms with Gasteiger partial charge in [-0.1, -0.05) is 33.8 Å². The van der Waals surface area contributed by atoms with Crippen molar-refractivity contribution in [3.63, 3.8) is 0 Å². The number of thioether (sulfide) groups is 1. The number of hydrogen-bond donors (Lipinski definition) is 1. The molecule has 3 atom stereocenters. The van der Waals surface area contributed by atoms with Crippen molar-refractivity contribution in [1.29, 1.82) is 0 Å². The van der Waals surface area contributed by atoms with E-state index < -0.39 is 22.8 Å². The van der Waals surface area contributed by atoms with Crippen molar-refractivity contribution in [2.24, 2.45) is 16.6 Å². The maximum absolute atomic E-state index is 14.5. The summed E-state index contributed by atoms with van der Waals surface area (Å²) >= 11 is 4.61. The van der Waals surface area contributed by atoms with Crippen molar-refractivity contribution in [1.82, 2.24) is 4.90 Å². The van der Waals surface area contributed by atoms with Gasteiger partial charge in [0.1, 0.15) is 18.0 Å². The smallest absolute Gasteiger partial charge is 0.245 e. The average molecular weight is 430 g/mol. The van der Waals surface area contributed by atoms with E-state index in [-0.39, 0.29) is 22.6 Å². The van der Waals surface area contributed by atoms with Crippen molar-refractivity contribution in [2.75, 3.05) is 20.8 Å². The Labute approximate surface area is 157 Å². The lowest BCUT2D eigenvalue weighted by Crippen LogP contribution is -2.39. The molecule has 25 heavy (non-hydrogen) atoms. The summed E-state index contributed by atoms with van der Waals surface area (Å²) in [6.45, 7) is -0.858. The van der Waals surface area contributed by atoms with Gasteiger partial charge in [-0.15, -0.1) is 0 Å². The van der Waals surface area contributed by atoms with E-state index in [0.717, 1.165) is 0 Å². The van der Waals surface area contributed by atoms with Gasteiger partial charge in [-0.3, -0.25) is 4.79 Å². The highest BCUT2D eigenvalue weighted by atomic mass is 79.9. The maximum atomic E-state index is 14.5. The summed E-state index contributed by atoms with van der Waals surface area (Å²) in [5.41, 5.74) is 4.78. The Kier molecular flexibility index (Phi) is 4.70. The number of alkyl halides is 1. The molecule has 0 spiro atoms. The summed E-state index contributed by atoms with van der Waals surface area (Å²) in [6.07, 6.45) is 3.80. The van der Waals surface area contributed by atoms with Gasteiger partial charge in [0.2, 0.25) is 5.91 Å². The second kappa shape index (κ2) is 6.39. The number of nitrogens with zero attached hydrogens (tertiary/aromatic N) is 2. The molecule has 1 fully saturated rings. The molecular formula is C17H18BrF2N3OS. The van der Waals surface area contributed by atoms with E-state index in [1.165, 1.54) is 28.8 Å². The van der Waals surface area contributed by atoms with E-state index >= 15 is 0 Å². The first-order chi connectivity index (χ1) is 11.7. The Morgan fingerprint density at radius 3 is 2.92 bits per heavy atom. The standard InChI is InChI=1S/C17H18BrF2N3OS/c1-23(2)14(24)5-6-16-8-13(16)17(9-19,22-15(21)25-16)11-7-10(18)3-4-12(11)20/h3-7,13H,8-9H2,1-2H3,(H2,21,22)/b6-5+/t13-,16+,17-/m1/s1. The molecule has 134 valence electrons. The van der Waals surface area contributed by atoms with Crippen molar-refractivity contribution in [3.05, 3.63) is 46.2 Å². The van der Waals surface area contributed by atoms with Gasteiger partial charge in [0, 0.05) is 40.9 Å². The van der Waals surface area contributed by atoms with Crippen molar-refractivity contribution < 1.29 is 13.6 Å². The molecule has 1 aromatic rings. The SMILES string of the molecule is CN(C)C(=O)/C=C/[C@]12C[C@H]1[C@@](CF)(c1cc(Br)ccc1F)N=C(N)S2. The molecule has 0 aromatic heterocycles. The van der Waals surface area contributed by atoms with Gasteiger partial charge in [-0.2, -0.15) is 0 Å². The lowest BCUT2D eigenvalue weighted by molar-refractivity contribution is -0.123. The molecule has 8 heteroatoms. The highest BCUT2D eigenvalue weighted by Crippen LogP contribution is 2.66. The Bertz CT molecular complexity index is 785. The number of hydrogen-bond acceptors (Lipinski definition) is 4. The van der Waals surface area contributed by atoms with Crippen LogP contribution in [0.25, 0.3) is 0 Å². The van der Waals surface area contributed by atoms with E-state index in [1.807, 2.05) is 0 Å². The van der Waals surface area contributed by atoms with Crippen LogP contribution < -0.4 is 5.73 Å². The van der Waals surface area contributed by atoms with Crippen LogP contribution in [-0.2, 0) is 10.3 Å². The van der Waals surface area contributed by atoms with E-state index in [1.54, 1.807) is 32.3 Å². The number of likely N-dealkylation sites (N-methyl/N-ethyl adjacent to an activating group) is 1. The number of carbonyl (C=O) groups is 1. The molecule has 3 rings (SSSR count). The van der Waals surface area contributed by atoms with Gasteiger partial charge in [0.25, 0.3) is 0 Å². The minimum atomic E-state index is -1.37. The van der Waals surface area contributed by atoms with E-state index in [2.05, 4.69) is 20.9 Å². The topological polar surface area (TPSA) is 58.7 Å². The van der Waals surface area contributed by atoms with Crippen LogP contribution in [0.2, 0.25) is 0 Å². The molecule has 1 aliphatic carbocycles. The van der Waals surface area contributed by atoms with E-state index in [0.29, 0.717) is 10.9 Å². The number of amides is 1. The van der Waals surface area contributed by atoms with Gasteiger partial charge in [-0.25, -0.2) is 13.8 Å². The van der Waals surface area contributed by atoms with Crippen LogP contribution in [0, 0.1) is 11.7 Å². The lowest BCUT2D eigenvalue weighted by atomic mass is 9.85. The highest BCUT2D eigenvalue weighted by molar-refractivity contribution is 9.10. The summed E-state index contributed by atoms with van der Waals surface area (Å²) in [5.74, 6) is -0.947.